The highest BCUT2D eigenvalue weighted by Crippen LogP contribution is 2.26. The highest BCUT2D eigenvalue weighted by Gasteiger charge is 2.29. The van der Waals surface area contributed by atoms with Crippen molar-refractivity contribution in [2.75, 3.05) is 18.4 Å². The second-order valence-corrected chi connectivity index (χ2v) is 4.95. The van der Waals surface area contributed by atoms with Crippen molar-refractivity contribution in [3.05, 3.63) is 5.01 Å². The van der Waals surface area contributed by atoms with Gasteiger partial charge in [-0.1, -0.05) is 18.3 Å². The van der Waals surface area contributed by atoms with Crippen molar-refractivity contribution in [1.82, 2.24) is 15.5 Å². The molecule has 102 valence electrons. The molecule has 1 saturated heterocycles. The standard InChI is InChI=1S/C9H12F2N4OS.ClH/c1-4(5-2-12-3-5)7(16)13-9-15-14-8(17-9)6(10)11;/h4-6,12H,2-3H2,1H3,(H,13,15,16);1H. The topological polar surface area (TPSA) is 66.9 Å². The second kappa shape index (κ2) is 6.35. The molecule has 1 fully saturated rings. The number of nitrogens with zero attached hydrogens (tertiary/aromatic N) is 2. The van der Waals surface area contributed by atoms with Crippen LogP contribution in [0.15, 0.2) is 0 Å². The van der Waals surface area contributed by atoms with Crippen molar-refractivity contribution in [2.24, 2.45) is 11.8 Å². The fourth-order valence-electron chi connectivity index (χ4n) is 1.47. The molecule has 9 heteroatoms. The van der Waals surface area contributed by atoms with Crippen LogP contribution in [0.25, 0.3) is 0 Å². The maximum absolute atomic E-state index is 12.3. The van der Waals surface area contributed by atoms with Gasteiger partial charge in [-0.3, -0.25) is 4.79 Å². The van der Waals surface area contributed by atoms with Gasteiger partial charge >= 0.3 is 0 Å². The molecule has 1 atom stereocenters. The summed E-state index contributed by atoms with van der Waals surface area (Å²) < 4.78 is 24.5. The minimum Gasteiger partial charge on any atom is -0.316 e. The number of anilines is 1. The molecule has 18 heavy (non-hydrogen) atoms. The van der Waals surface area contributed by atoms with Crippen LogP contribution < -0.4 is 10.6 Å². The quantitative estimate of drug-likeness (QED) is 0.888. The molecule has 0 aromatic carbocycles. The van der Waals surface area contributed by atoms with Crippen molar-refractivity contribution in [3.8, 4) is 0 Å². The predicted octanol–water partition coefficient (Wildman–Crippen LogP) is 1.69. The van der Waals surface area contributed by atoms with E-state index < -0.39 is 6.43 Å². The third-order valence-corrected chi connectivity index (χ3v) is 3.64. The van der Waals surface area contributed by atoms with E-state index in [1.54, 1.807) is 0 Å². The van der Waals surface area contributed by atoms with E-state index >= 15 is 0 Å². The summed E-state index contributed by atoms with van der Waals surface area (Å²) in [6.45, 7) is 3.44. The van der Waals surface area contributed by atoms with Crippen LogP contribution in [0.5, 0.6) is 0 Å². The van der Waals surface area contributed by atoms with Gasteiger partial charge in [0.2, 0.25) is 11.0 Å². The molecule has 0 bridgehead atoms. The van der Waals surface area contributed by atoms with Crippen molar-refractivity contribution >= 4 is 34.8 Å². The predicted molar refractivity (Wildman–Crippen MR) is 66.3 cm³/mol. The van der Waals surface area contributed by atoms with E-state index in [-0.39, 0.29) is 34.4 Å². The molecule has 1 amide bonds. The van der Waals surface area contributed by atoms with Crippen LogP contribution >= 0.6 is 23.7 Å². The van der Waals surface area contributed by atoms with Crippen LogP contribution in [0.1, 0.15) is 18.4 Å². The third-order valence-electron chi connectivity index (χ3n) is 2.79. The molecule has 1 unspecified atom stereocenters. The van der Waals surface area contributed by atoms with Gasteiger partial charge < -0.3 is 10.6 Å². The molecule has 2 N–H and O–H groups in total. The molecule has 0 aliphatic carbocycles. The first-order valence-electron chi connectivity index (χ1n) is 5.21. The van der Waals surface area contributed by atoms with Crippen LogP contribution in [0.2, 0.25) is 0 Å². The smallest absolute Gasteiger partial charge is 0.291 e. The number of hydrogen-bond acceptors (Lipinski definition) is 5. The van der Waals surface area contributed by atoms with Crippen LogP contribution in [-0.4, -0.2) is 29.2 Å². The molecule has 0 saturated carbocycles. The molecule has 5 nitrogen and oxygen atoms in total. The average molecular weight is 299 g/mol. The molecule has 1 aliphatic rings. The Kier molecular flexibility index (Phi) is 5.36. The number of carbonyl (C=O) groups excluding carboxylic acids is 1. The van der Waals surface area contributed by atoms with E-state index in [4.69, 9.17) is 0 Å². The van der Waals surface area contributed by atoms with Gasteiger partial charge in [0.25, 0.3) is 6.43 Å². The zero-order chi connectivity index (χ0) is 12.4. The third kappa shape index (κ3) is 3.33. The SMILES string of the molecule is CC(C(=O)Nc1nnc(C(F)F)s1)C1CNC1.Cl. The van der Waals surface area contributed by atoms with E-state index in [1.165, 1.54) is 0 Å². The van der Waals surface area contributed by atoms with Crippen molar-refractivity contribution in [2.45, 2.75) is 13.3 Å². The molecule has 1 aromatic heterocycles. The normalized spacial score (nSPS) is 16.9. The van der Waals surface area contributed by atoms with Crippen LogP contribution in [0.4, 0.5) is 13.9 Å². The molecule has 2 rings (SSSR count). The van der Waals surface area contributed by atoms with Gasteiger partial charge in [0, 0.05) is 5.92 Å². The maximum Gasteiger partial charge on any atom is 0.291 e. The first-order valence-corrected chi connectivity index (χ1v) is 6.02. The van der Waals surface area contributed by atoms with Gasteiger partial charge in [-0.15, -0.1) is 22.6 Å². The minimum absolute atomic E-state index is 0. The lowest BCUT2D eigenvalue weighted by molar-refractivity contribution is -0.121. The Hall–Kier alpha value is -0.860. The Morgan fingerprint density at radius 3 is 2.61 bits per heavy atom. The van der Waals surface area contributed by atoms with Crippen molar-refractivity contribution in [1.29, 1.82) is 0 Å². The first-order chi connectivity index (χ1) is 8.08. The Bertz CT molecular complexity index is 413. The summed E-state index contributed by atoms with van der Waals surface area (Å²) in [6, 6.07) is 0. The van der Waals surface area contributed by atoms with Crippen LogP contribution in [-0.2, 0) is 4.79 Å². The van der Waals surface area contributed by atoms with Crippen molar-refractivity contribution in [3.63, 3.8) is 0 Å². The van der Waals surface area contributed by atoms with Gasteiger partial charge in [0.05, 0.1) is 0 Å². The van der Waals surface area contributed by atoms with Gasteiger partial charge in [-0.25, -0.2) is 8.78 Å². The zero-order valence-electron chi connectivity index (χ0n) is 9.52. The highest BCUT2D eigenvalue weighted by molar-refractivity contribution is 7.15. The fraction of sp³-hybridized carbons (Fsp3) is 0.667. The van der Waals surface area contributed by atoms with E-state index in [1.807, 2.05) is 6.92 Å². The lowest BCUT2D eigenvalue weighted by Crippen LogP contribution is -2.48. The number of aromatic nitrogens is 2. The number of alkyl halides is 2. The molecule has 1 aromatic rings. The van der Waals surface area contributed by atoms with E-state index in [0.29, 0.717) is 17.3 Å². The van der Waals surface area contributed by atoms with Gasteiger partial charge in [0.15, 0.2) is 5.01 Å². The number of carbonyl (C=O) groups is 1. The monoisotopic (exact) mass is 298 g/mol. The number of hydrogen-bond donors (Lipinski definition) is 2. The highest BCUT2D eigenvalue weighted by atomic mass is 35.5. The van der Waals surface area contributed by atoms with E-state index in [2.05, 4.69) is 20.8 Å². The molecule has 1 aliphatic heterocycles. The summed E-state index contributed by atoms with van der Waals surface area (Å²) >= 11 is 0.704. The Morgan fingerprint density at radius 2 is 2.17 bits per heavy atom. The zero-order valence-corrected chi connectivity index (χ0v) is 11.2. The number of amides is 1. The first kappa shape index (κ1) is 15.2. The van der Waals surface area contributed by atoms with E-state index in [9.17, 15) is 13.6 Å². The van der Waals surface area contributed by atoms with Crippen LogP contribution in [0, 0.1) is 11.8 Å². The van der Waals surface area contributed by atoms with Gasteiger partial charge in [-0.2, -0.15) is 0 Å². The summed E-state index contributed by atoms with van der Waals surface area (Å²) in [4.78, 5) is 11.7. The minimum atomic E-state index is -2.65. The summed E-state index contributed by atoms with van der Waals surface area (Å²) in [6.07, 6.45) is -2.65. The molecular formula is C9H13ClF2N4OS. The summed E-state index contributed by atoms with van der Waals surface area (Å²) in [5.41, 5.74) is 0. The molecule has 2 heterocycles. The van der Waals surface area contributed by atoms with Crippen LogP contribution in [0.3, 0.4) is 0 Å². The second-order valence-electron chi connectivity index (χ2n) is 3.94. The number of nitrogens with one attached hydrogen (secondary N) is 2. The van der Waals surface area contributed by atoms with Gasteiger partial charge in [-0.05, 0) is 19.0 Å². The lowest BCUT2D eigenvalue weighted by Gasteiger charge is -2.31. The maximum atomic E-state index is 12.3. The average Bonchev–Trinajstić information content (AvgIpc) is 2.63. The Labute approximate surface area is 113 Å². The Balaban J connectivity index is 0.00000162. The largest absolute Gasteiger partial charge is 0.316 e. The fourth-order valence-corrected chi connectivity index (χ4v) is 2.07. The van der Waals surface area contributed by atoms with E-state index in [0.717, 1.165) is 13.1 Å². The summed E-state index contributed by atoms with van der Waals surface area (Å²) in [5.74, 6) is -0.0545. The number of halogens is 3. The molecule has 0 spiro atoms. The summed E-state index contributed by atoms with van der Waals surface area (Å²) in [7, 11) is 0. The van der Waals surface area contributed by atoms with Crippen molar-refractivity contribution < 1.29 is 13.6 Å². The number of rotatable bonds is 4. The molecular weight excluding hydrogens is 286 g/mol. The van der Waals surface area contributed by atoms with Gasteiger partial charge in [0.1, 0.15) is 0 Å². The summed E-state index contributed by atoms with van der Waals surface area (Å²) in [5, 5.41) is 12.1. The lowest BCUT2D eigenvalue weighted by atomic mass is 9.88. The molecule has 0 radical (unpaired) electrons. The Morgan fingerprint density at radius 1 is 1.50 bits per heavy atom.